The second kappa shape index (κ2) is 6.62. The summed E-state index contributed by atoms with van der Waals surface area (Å²) in [6.07, 6.45) is 1.08. The maximum Gasteiger partial charge on any atom is 0.159 e. The van der Waals surface area contributed by atoms with Crippen LogP contribution in [0.1, 0.15) is 31.9 Å². The smallest absolute Gasteiger partial charge is 0.159 e. The highest BCUT2D eigenvalue weighted by Crippen LogP contribution is 2.24. The summed E-state index contributed by atoms with van der Waals surface area (Å²) in [5, 5.41) is 3.41. The van der Waals surface area contributed by atoms with E-state index >= 15 is 0 Å². The van der Waals surface area contributed by atoms with E-state index in [2.05, 4.69) is 19.2 Å². The Hall–Kier alpha value is -1.74. The molecule has 1 atom stereocenters. The zero-order chi connectivity index (χ0) is 14.5. The summed E-state index contributed by atoms with van der Waals surface area (Å²) in [7, 11) is 0. The molecular weight excluding hydrogens is 256 g/mol. The van der Waals surface area contributed by atoms with Gasteiger partial charge in [-0.2, -0.15) is 0 Å². The van der Waals surface area contributed by atoms with Crippen molar-refractivity contribution in [3.05, 3.63) is 59.7 Å². The van der Waals surface area contributed by atoms with Crippen LogP contribution in [0, 0.1) is 11.6 Å². The van der Waals surface area contributed by atoms with E-state index in [1.165, 1.54) is 6.07 Å². The van der Waals surface area contributed by atoms with E-state index < -0.39 is 11.6 Å². The lowest BCUT2D eigenvalue weighted by Crippen LogP contribution is -2.19. The molecule has 20 heavy (non-hydrogen) atoms. The first-order chi connectivity index (χ1) is 9.61. The second-order valence-corrected chi connectivity index (χ2v) is 4.93. The molecule has 2 rings (SSSR count). The van der Waals surface area contributed by atoms with Gasteiger partial charge in [0.1, 0.15) is 0 Å². The normalized spacial score (nSPS) is 12.4. The molecule has 0 radical (unpaired) electrons. The number of hydrogen-bond donors (Lipinski definition) is 1. The molecule has 1 nitrogen and oxygen atoms in total. The van der Waals surface area contributed by atoms with Crippen LogP contribution in [0.3, 0.4) is 0 Å². The van der Waals surface area contributed by atoms with Crippen molar-refractivity contribution >= 4 is 0 Å². The first-order valence-corrected chi connectivity index (χ1v) is 6.90. The van der Waals surface area contributed by atoms with Gasteiger partial charge in [-0.25, -0.2) is 8.78 Å². The maximum atomic E-state index is 13.3. The molecule has 3 heteroatoms. The summed E-state index contributed by atoms with van der Waals surface area (Å²) in [5.41, 5.74) is 2.72. The topological polar surface area (TPSA) is 12.0 Å². The zero-order valence-electron chi connectivity index (χ0n) is 11.8. The highest BCUT2D eigenvalue weighted by atomic mass is 19.2. The quantitative estimate of drug-likeness (QED) is 0.834. The van der Waals surface area contributed by atoms with Crippen LogP contribution in [-0.2, 0) is 0 Å². The number of rotatable bonds is 5. The average molecular weight is 275 g/mol. The fourth-order valence-corrected chi connectivity index (χ4v) is 2.14. The van der Waals surface area contributed by atoms with Crippen LogP contribution in [0.5, 0.6) is 0 Å². The fourth-order valence-electron chi connectivity index (χ4n) is 2.14. The molecule has 0 aliphatic heterocycles. The minimum absolute atomic E-state index is 0.236. The summed E-state index contributed by atoms with van der Waals surface area (Å²) in [5.74, 6) is -1.63. The van der Waals surface area contributed by atoms with Gasteiger partial charge in [0.25, 0.3) is 0 Å². The molecule has 0 bridgehead atoms. The minimum Gasteiger partial charge on any atom is -0.310 e. The Balaban J connectivity index is 2.26. The van der Waals surface area contributed by atoms with Crippen LogP contribution in [0.25, 0.3) is 11.1 Å². The predicted molar refractivity (Wildman–Crippen MR) is 78.5 cm³/mol. The van der Waals surface area contributed by atoms with E-state index in [9.17, 15) is 8.78 Å². The van der Waals surface area contributed by atoms with Gasteiger partial charge in [-0.1, -0.05) is 31.2 Å². The van der Waals surface area contributed by atoms with Crippen molar-refractivity contribution in [2.45, 2.75) is 26.3 Å². The average Bonchev–Trinajstić information content (AvgIpc) is 2.47. The van der Waals surface area contributed by atoms with Crippen LogP contribution >= 0.6 is 0 Å². The number of hydrogen-bond acceptors (Lipinski definition) is 1. The third-order valence-corrected chi connectivity index (χ3v) is 3.34. The first kappa shape index (κ1) is 14.7. The zero-order valence-corrected chi connectivity index (χ0v) is 11.8. The molecule has 2 aromatic carbocycles. The van der Waals surface area contributed by atoms with Crippen molar-refractivity contribution in [3.8, 4) is 11.1 Å². The molecular formula is C17H19F2N. The van der Waals surface area contributed by atoms with Crippen LogP contribution in [0.2, 0.25) is 0 Å². The summed E-state index contributed by atoms with van der Waals surface area (Å²) < 4.78 is 26.3. The Morgan fingerprint density at radius 3 is 2.45 bits per heavy atom. The van der Waals surface area contributed by atoms with Crippen molar-refractivity contribution in [2.24, 2.45) is 0 Å². The summed E-state index contributed by atoms with van der Waals surface area (Å²) in [6, 6.07) is 12.1. The molecule has 0 aromatic heterocycles. The maximum absolute atomic E-state index is 13.3. The fraction of sp³-hybridized carbons (Fsp3) is 0.294. The molecule has 0 aliphatic carbocycles. The van der Waals surface area contributed by atoms with Crippen molar-refractivity contribution < 1.29 is 8.78 Å². The van der Waals surface area contributed by atoms with Crippen molar-refractivity contribution in [2.75, 3.05) is 6.54 Å². The minimum atomic E-state index is -0.817. The Bertz CT molecular complexity index is 581. The van der Waals surface area contributed by atoms with E-state index in [0.717, 1.165) is 30.2 Å². The van der Waals surface area contributed by atoms with Gasteiger partial charge in [0, 0.05) is 6.04 Å². The van der Waals surface area contributed by atoms with Gasteiger partial charge in [-0.05, 0) is 54.8 Å². The van der Waals surface area contributed by atoms with Crippen LogP contribution in [-0.4, -0.2) is 6.54 Å². The van der Waals surface area contributed by atoms with Crippen molar-refractivity contribution in [3.63, 3.8) is 0 Å². The van der Waals surface area contributed by atoms with Crippen molar-refractivity contribution in [1.29, 1.82) is 0 Å². The lowest BCUT2D eigenvalue weighted by molar-refractivity contribution is 0.509. The predicted octanol–water partition coefficient (Wildman–Crippen LogP) is 4.69. The largest absolute Gasteiger partial charge is 0.310 e. The summed E-state index contributed by atoms with van der Waals surface area (Å²) >= 11 is 0. The summed E-state index contributed by atoms with van der Waals surface area (Å²) in [6.45, 7) is 5.17. The van der Waals surface area contributed by atoms with Gasteiger partial charge in [0.15, 0.2) is 11.6 Å². The SMILES string of the molecule is CCCNC(C)c1cccc(-c2ccc(F)c(F)c2)c1. The standard InChI is InChI=1S/C17H19F2N/c1-3-9-20-12(2)13-5-4-6-14(10-13)15-7-8-16(18)17(19)11-15/h4-8,10-12,20H,3,9H2,1-2H3. The van der Waals surface area contributed by atoms with Gasteiger partial charge in [0.05, 0.1) is 0 Å². The highest BCUT2D eigenvalue weighted by molar-refractivity contribution is 5.64. The Morgan fingerprint density at radius 1 is 1.00 bits per heavy atom. The lowest BCUT2D eigenvalue weighted by atomic mass is 10.00. The van der Waals surface area contributed by atoms with Gasteiger partial charge >= 0.3 is 0 Å². The molecule has 0 amide bonds. The van der Waals surface area contributed by atoms with Gasteiger partial charge in [0.2, 0.25) is 0 Å². The third-order valence-electron chi connectivity index (χ3n) is 3.34. The molecule has 0 fully saturated rings. The highest BCUT2D eigenvalue weighted by Gasteiger charge is 2.08. The van der Waals surface area contributed by atoms with E-state index in [1.807, 2.05) is 24.3 Å². The summed E-state index contributed by atoms with van der Waals surface area (Å²) in [4.78, 5) is 0. The Kier molecular flexibility index (Phi) is 4.85. The van der Waals surface area contributed by atoms with E-state index in [0.29, 0.717) is 5.56 Å². The molecule has 1 unspecified atom stereocenters. The molecule has 0 saturated carbocycles. The van der Waals surface area contributed by atoms with E-state index in [4.69, 9.17) is 0 Å². The van der Waals surface area contributed by atoms with E-state index in [-0.39, 0.29) is 6.04 Å². The molecule has 0 saturated heterocycles. The van der Waals surface area contributed by atoms with Gasteiger partial charge in [-0.3, -0.25) is 0 Å². The second-order valence-electron chi connectivity index (χ2n) is 4.93. The molecule has 0 aliphatic rings. The number of benzene rings is 2. The molecule has 106 valence electrons. The monoisotopic (exact) mass is 275 g/mol. The molecule has 2 aromatic rings. The third kappa shape index (κ3) is 3.42. The van der Waals surface area contributed by atoms with Gasteiger partial charge < -0.3 is 5.32 Å². The molecule has 0 spiro atoms. The Morgan fingerprint density at radius 2 is 1.75 bits per heavy atom. The Labute approximate surface area is 118 Å². The first-order valence-electron chi connectivity index (χ1n) is 6.90. The number of halogens is 2. The van der Waals surface area contributed by atoms with Crippen LogP contribution < -0.4 is 5.32 Å². The van der Waals surface area contributed by atoms with Gasteiger partial charge in [-0.15, -0.1) is 0 Å². The van der Waals surface area contributed by atoms with Crippen molar-refractivity contribution in [1.82, 2.24) is 5.32 Å². The molecule has 1 N–H and O–H groups in total. The van der Waals surface area contributed by atoms with E-state index in [1.54, 1.807) is 6.07 Å². The van der Waals surface area contributed by atoms with Crippen LogP contribution in [0.15, 0.2) is 42.5 Å². The lowest BCUT2D eigenvalue weighted by Gasteiger charge is -2.15. The van der Waals surface area contributed by atoms with Crippen LogP contribution in [0.4, 0.5) is 8.78 Å². The number of nitrogens with one attached hydrogen (secondary N) is 1. The molecule has 0 heterocycles.